The van der Waals surface area contributed by atoms with Crippen molar-refractivity contribution in [1.82, 2.24) is 0 Å². The Morgan fingerprint density at radius 1 is 1.26 bits per heavy atom. The van der Waals surface area contributed by atoms with Gasteiger partial charge in [-0.2, -0.15) is 0 Å². The van der Waals surface area contributed by atoms with Crippen LogP contribution in [0.25, 0.3) is 6.08 Å². The normalized spacial score (nSPS) is 10.7. The minimum absolute atomic E-state index is 0.0175. The Labute approximate surface area is 143 Å². The van der Waals surface area contributed by atoms with Crippen molar-refractivity contribution in [3.8, 4) is 17.2 Å². The second kappa shape index (κ2) is 7.83. The van der Waals surface area contributed by atoms with Gasteiger partial charge in [0.05, 0.1) is 13.7 Å². The number of methoxy groups -OCH3 is 1. The van der Waals surface area contributed by atoms with Crippen LogP contribution < -0.4 is 9.47 Å². The lowest BCUT2D eigenvalue weighted by Crippen LogP contribution is -1.96. The van der Waals surface area contributed by atoms with E-state index in [2.05, 4.69) is 15.9 Å². The van der Waals surface area contributed by atoms with E-state index in [1.807, 2.05) is 6.92 Å². The number of hydrogen-bond acceptors (Lipinski definition) is 4. The molecule has 5 heteroatoms. The number of benzene rings is 2. The lowest BCUT2D eigenvalue weighted by molar-refractivity contribution is 0.104. The van der Waals surface area contributed by atoms with Crippen LogP contribution in [0.1, 0.15) is 22.8 Å². The first-order valence-corrected chi connectivity index (χ1v) is 7.86. The molecule has 0 unspecified atom stereocenters. The largest absolute Gasteiger partial charge is 0.504 e. The van der Waals surface area contributed by atoms with Crippen LogP contribution in [0.15, 0.2) is 46.9 Å². The molecule has 2 rings (SSSR count). The summed E-state index contributed by atoms with van der Waals surface area (Å²) in [6.45, 7) is 2.49. The molecule has 0 aliphatic heterocycles. The highest BCUT2D eigenvalue weighted by molar-refractivity contribution is 9.10. The molecule has 0 amide bonds. The van der Waals surface area contributed by atoms with E-state index in [4.69, 9.17) is 9.47 Å². The Morgan fingerprint density at radius 2 is 1.96 bits per heavy atom. The third-order valence-corrected chi connectivity index (χ3v) is 3.85. The summed E-state index contributed by atoms with van der Waals surface area (Å²) >= 11 is 3.39. The first-order chi connectivity index (χ1) is 11.0. The molecule has 0 radical (unpaired) electrons. The van der Waals surface area contributed by atoms with Gasteiger partial charge in [0.25, 0.3) is 0 Å². The summed E-state index contributed by atoms with van der Waals surface area (Å²) in [5.74, 6) is 0.988. The van der Waals surface area contributed by atoms with Gasteiger partial charge in [0.15, 0.2) is 17.3 Å². The predicted molar refractivity (Wildman–Crippen MR) is 93.3 cm³/mol. The zero-order valence-corrected chi connectivity index (χ0v) is 14.5. The van der Waals surface area contributed by atoms with Crippen LogP contribution in [0.2, 0.25) is 0 Å². The maximum atomic E-state index is 12.2. The SMILES string of the molecule is CCOc1ccc(C(=O)C=Cc2cc(O)c(OC)cc2Br)cc1. The average molecular weight is 377 g/mol. The van der Waals surface area contributed by atoms with Crippen LogP contribution in [0.3, 0.4) is 0 Å². The van der Waals surface area contributed by atoms with Crippen molar-refractivity contribution >= 4 is 27.8 Å². The Balaban J connectivity index is 2.16. The van der Waals surface area contributed by atoms with E-state index in [9.17, 15) is 9.90 Å². The fraction of sp³-hybridized carbons (Fsp3) is 0.167. The summed E-state index contributed by atoms with van der Waals surface area (Å²) in [6.07, 6.45) is 3.10. The Kier molecular flexibility index (Phi) is 5.82. The van der Waals surface area contributed by atoms with Crippen molar-refractivity contribution < 1.29 is 19.4 Å². The molecule has 0 aliphatic rings. The number of rotatable bonds is 6. The lowest BCUT2D eigenvalue weighted by atomic mass is 10.1. The first kappa shape index (κ1) is 17.1. The van der Waals surface area contributed by atoms with Crippen molar-refractivity contribution in [2.75, 3.05) is 13.7 Å². The zero-order chi connectivity index (χ0) is 16.8. The van der Waals surface area contributed by atoms with Crippen molar-refractivity contribution in [2.24, 2.45) is 0 Å². The number of allylic oxidation sites excluding steroid dienone is 1. The second-order valence-electron chi connectivity index (χ2n) is 4.70. The average Bonchev–Trinajstić information content (AvgIpc) is 2.56. The maximum absolute atomic E-state index is 12.2. The third kappa shape index (κ3) is 4.36. The highest BCUT2D eigenvalue weighted by atomic mass is 79.9. The topological polar surface area (TPSA) is 55.8 Å². The lowest BCUT2D eigenvalue weighted by Gasteiger charge is -2.06. The standard InChI is InChI=1S/C18H17BrO4/c1-3-23-14-7-4-12(5-8-14)16(20)9-6-13-10-17(21)18(22-2)11-15(13)19/h4-11,21H,3H2,1-2H3. The molecule has 0 aromatic heterocycles. The summed E-state index contributed by atoms with van der Waals surface area (Å²) in [4.78, 5) is 12.2. The molecule has 0 saturated carbocycles. The number of aromatic hydroxyl groups is 1. The molecule has 0 bridgehead atoms. The Hall–Kier alpha value is -2.27. The van der Waals surface area contributed by atoms with E-state index in [1.54, 1.807) is 36.4 Å². The van der Waals surface area contributed by atoms with Gasteiger partial charge in [-0.15, -0.1) is 0 Å². The number of ketones is 1. The van der Waals surface area contributed by atoms with Crippen LogP contribution >= 0.6 is 15.9 Å². The molecule has 1 N–H and O–H groups in total. The van der Waals surface area contributed by atoms with E-state index in [0.29, 0.717) is 23.5 Å². The van der Waals surface area contributed by atoms with Crippen molar-refractivity contribution in [3.63, 3.8) is 0 Å². The minimum atomic E-state index is -0.129. The number of phenols is 1. The monoisotopic (exact) mass is 376 g/mol. The van der Waals surface area contributed by atoms with Crippen LogP contribution in [0.4, 0.5) is 0 Å². The van der Waals surface area contributed by atoms with Crippen LogP contribution in [0.5, 0.6) is 17.2 Å². The van der Waals surface area contributed by atoms with Gasteiger partial charge in [-0.25, -0.2) is 0 Å². The van der Waals surface area contributed by atoms with Crippen molar-refractivity contribution in [3.05, 3.63) is 58.1 Å². The third-order valence-electron chi connectivity index (χ3n) is 3.16. The number of phenolic OH excluding ortho intramolecular Hbond substituents is 1. The highest BCUT2D eigenvalue weighted by Gasteiger charge is 2.07. The quantitative estimate of drug-likeness (QED) is 0.597. The maximum Gasteiger partial charge on any atom is 0.185 e. The molecule has 2 aromatic rings. The molecule has 0 spiro atoms. The van der Waals surface area contributed by atoms with Crippen molar-refractivity contribution in [2.45, 2.75) is 6.92 Å². The van der Waals surface area contributed by atoms with Crippen LogP contribution in [0, 0.1) is 0 Å². The van der Waals surface area contributed by atoms with Gasteiger partial charge < -0.3 is 14.6 Å². The van der Waals surface area contributed by atoms with E-state index in [1.165, 1.54) is 19.3 Å². The van der Waals surface area contributed by atoms with Gasteiger partial charge in [-0.1, -0.05) is 15.9 Å². The molecule has 23 heavy (non-hydrogen) atoms. The summed E-state index contributed by atoms with van der Waals surface area (Å²) in [7, 11) is 1.48. The number of halogens is 1. The van der Waals surface area contributed by atoms with Crippen LogP contribution in [-0.4, -0.2) is 24.6 Å². The van der Waals surface area contributed by atoms with Crippen LogP contribution in [-0.2, 0) is 0 Å². The summed E-state index contributed by atoms with van der Waals surface area (Å²) < 4.78 is 11.1. The van der Waals surface area contributed by atoms with Crippen molar-refractivity contribution in [1.29, 1.82) is 0 Å². The molecule has 0 saturated heterocycles. The molecule has 4 nitrogen and oxygen atoms in total. The minimum Gasteiger partial charge on any atom is -0.504 e. The van der Waals surface area contributed by atoms with E-state index in [-0.39, 0.29) is 11.5 Å². The molecular weight excluding hydrogens is 360 g/mol. The number of carbonyl (C=O) groups is 1. The van der Waals surface area contributed by atoms with Gasteiger partial charge in [-0.3, -0.25) is 4.79 Å². The fourth-order valence-electron chi connectivity index (χ4n) is 1.99. The molecule has 0 heterocycles. The van der Waals surface area contributed by atoms with Gasteiger partial charge in [0.1, 0.15) is 5.75 Å². The predicted octanol–water partition coefficient (Wildman–Crippen LogP) is 4.46. The number of ether oxygens (including phenoxy) is 2. The summed E-state index contributed by atoms with van der Waals surface area (Å²) in [5.41, 5.74) is 1.25. The smallest absolute Gasteiger partial charge is 0.185 e. The van der Waals surface area contributed by atoms with E-state index >= 15 is 0 Å². The Morgan fingerprint density at radius 3 is 2.57 bits per heavy atom. The number of hydrogen-bond donors (Lipinski definition) is 1. The number of carbonyl (C=O) groups excluding carboxylic acids is 1. The van der Waals surface area contributed by atoms with E-state index < -0.39 is 0 Å². The fourth-order valence-corrected chi connectivity index (χ4v) is 2.45. The molecule has 0 aliphatic carbocycles. The van der Waals surface area contributed by atoms with Gasteiger partial charge in [-0.05, 0) is 61.0 Å². The Bertz CT molecular complexity index is 721. The molecule has 0 atom stereocenters. The molecular formula is C18H17BrO4. The van der Waals surface area contributed by atoms with Gasteiger partial charge in [0.2, 0.25) is 0 Å². The van der Waals surface area contributed by atoms with Gasteiger partial charge >= 0.3 is 0 Å². The molecule has 120 valence electrons. The summed E-state index contributed by atoms with van der Waals surface area (Å²) in [5, 5.41) is 9.80. The molecule has 0 fully saturated rings. The van der Waals surface area contributed by atoms with E-state index in [0.717, 1.165) is 10.2 Å². The second-order valence-corrected chi connectivity index (χ2v) is 5.55. The summed E-state index contributed by atoms with van der Waals surface area (Å²) in [6, 6.07) is 10.1. The first-order valence-electron chi connectivity index (χ1n) is 7.07. The van der Waals surface area contributed by atoms with Gasteiger partial charge in [0, 0.05) is 10.0 Å². The highest BCUT2D eigenvalue weighted by Crippen LogP contribution is 2.33. The zero-order valence-electron chi connectivity index (χ0n) is 12.9. The molecule has 2 aromatic carbocycles.